The Morgan fingerprint density at radius 2 is 1.94 bits per heavy atom. The van der Waals surface area contributed by atoms with Crippen LogP contribution in [0.3, 0.4) is 0 Å². The maximum atomic E-state index is 14.8. The average molecular weight is 473 g/mol. The molecule has 35 heavy (non-hydrogen) atoms. The largest absolute Gasteiger partial charge is 0.338 e. The van der Waals surface area contributed by atoms with E-state index < -0.39 is 17.2 Å². The second-order valence-corrected chi connectivity index (χ2v) is 8.22. The van der Waals surface area contributed by atoms with Crippen molar-refractivity contribution in [3.05, 3.63) is 93.4 Å². The minimum atomic E-state index is -0.535. The lowest BCUT2D eigenvalue weighted by molar-refractivity contribution is 0.245. The van der Waals surface area contributed by atoms with E-state index in [1.54, 1.807) is 30.3 Å². The number of carbonyl (C=O) groups is 1. The Hall–Kier alpha value is -4.40. The molecule has 1 aromatic heterocycles. The number of hydrogen-bond donors (Lipinski definition) is 3. The molecule has 176 valence electrons. The molecule has 0 unspecified atom stereocenters. The summed E-state index contributed by atoms with van der Waals surface area (Å²) in [6.45, 7) is 2.33. The lowest BCUT2D eigenvalue weighted by atomic mass is 9.97. The zero-order valence-corrected chi connectivity index (χ0v) is 18.8. The standard InChI is InChI=1S/C26H21F2N5O2/c1-2-29-26(35)31-23-13-16-8-7-15(12-21(16)30-23)18-10-14(6-9-19(18)27)11-22-24-17(25(34)33-32-22)4-3-5-20(24)28/h3-10,12H,2,11,13H2,1H3,(H,33,34)(H2,29,30,31,35). The SMILES string of the molecule is CCNC(=O)NC1=Nc2cc(-c3cc(Cc4n[nH]c(=O)c5cccc(F)c45)ccc3F)ccc2C1. The molecule has 1 aliphatic heterocycles. The molecule has 4 aromatic rings. The number of aliphatic imine (C=N–C) groups is 1. The van der Waals surface area contributed by atoms with Gasteiger partial charge in [0.1, 0.15) is 17.5 Å². The van der Waals surface area contributed by atoms with E-state index in [-0.39, 0.29) is 23.2 Å². The van der Waals surface area contributed by atoms with Gasteiger partial charge in [0, 0.05) is 30.3 Å². The minimum Gasteiger partial charge on any atom is -0.338 e. The fraction of sp³-hybridized carbons (Fsp3) is 0.154. The molecule has 3 N–H and O–H groups in total. The fourth-order valence-electron chi connectivity index (χ4n) is 4.22. The minimum absolute atomic E-state index is 0.154. The van der Waals surface area contributed by atoms with Gasteiger partial charge in [0.15, 0.2) is 0 Å². The predicted octanol–water partition coefficient (Wildman–Crippen LogP) is 4.36. The van der Waals surface area contributed by atoms with E-state index >= 15 is 0 Å². The third-order valence-electron chi connectivity index (χ3n) is 5.85. The van der Waals surface area contributed by atoms with Crippen molar-refractivity contribution in [1.29, 1.82) is 0 Å². The molecular weight excluding hydrogens is 452 g/mol. The van der Waals surface area contributed by atoms with Gasteiger partial charge in [-0.15, -0.1) is 0 Å². The number of urea groups is 1. The number of nitrogens with one attached hydrogen (secondary N) is 3. The van der Waals surface area contributed by atoms with Crippen molar-refractivity contribution in [2.24, 2.45) is 4.99 Å². The molecule has 0 fully saturated rings. The van der Waals surface area contributed by atoms with Crippen LogP contribution in [0.25, 0.3) is 21.9 Å². The summed E-state index contributed by atoms with van der Waals surface area (Å²) < 4.78 is 29.3. The normalized spacial score (nSPS) is 12.4. The van der Waals surface area contributed by atoms with E-state index in [2.05, 4.69) is 25.8 Å². The molecule has 3 aromatic carbocycles. The number of nitrogens with zero attached hydrogens (tertiary/aromatic N) is 2. The van der Waals surface area contributed by atoms with Gasteiger partial charge in [-0.3, -0.25) is 10.1 Å². The quantitative estimate of drug-likeness (QED) is 0.411. The monoisotopic (exact) mass is 473 g/mol. The maximum absolute atomic E-state index is 14.8. The first-order valence-corrected chi connectivity index (χ1v) is 11.1. The van der Waals surface area contributed by atoms with Crippen LogP contribution in [0.15, 0.2) is 64.4 Å². The van der Waals surface area contributed by atoms with Crippen molar-refractivity contribution >= 4 is 28.3 Å². The van der Waals surface area contributed by atoms with Crippen molar-refractivity contribution in [1.82, 2.24) is 20.8 Å². The number of aromatic nitrogens is 2. The third kappa shape index (κ3) is 4.40. The van der Waals surface area contributed by atoms with Gasteiger partial charge in [-0.2, -0.15) is 5.10 Å². The topological polar surface area (TPSA) is 99.2 Å². The number of halogens is 2. The van der Waals surface area contributed by atoms with Gasteiger partial charge >= 0.3 is 6.03 Å². The van der Waals surface area contributed by atoms with Crippen LogP contribution in [0.4, 0.5) is 19.3 Å². The number of rotatable bonds is 4. The van der Waals surface area contributed by atoms with Gasteiger partial charge in [-0.1, -0.05) is 24.3 Å². The number of carbonyl (C=O) groups excluding carboxylic acids is 1. The average Bonchev–Trinajstić information content (AvgIpc) is 3.23. The van der Waals surface area contributed by atoms with Gasteiger partial charge in [0.25, 0.3) is 5.56 Å². The van der Waals surface area contributed by atoms with Crippen LogP contribution >= 0.6 is 0 Å². The molecule has 0 spiro atoms. The highest BCUT2D eigenvalue weighted by Gasteiger charge is 2.18. The molecule has 9 heteroatoms. The molecule has 1 aliphatic rings. The molecule has 2 amide bonds. The third-order valence-corrected chi connectivity index (χ3v) is 5.85. The molecule has 7 nitrogen and oxygen atoms in total. The Morgan fingerprint density at radius 3 is 2.77 bits per heavy atom. The van der Waals surface area contributed by atoms with Gasteiger partial charge in [0.2, 0.25) is 0 Å². The zero-order valence-electron chi connectivity index (χ0n) is 18.8. The first-order valence-electron chi connectivity index (χ1n) is 11.1. The number of benzene rings is 3. The Balaban J connectivity index is 1.47. The molecule has 0 aliphatic carbocycles. The van der Waals surface area contributed by atoms with Crippen LogP contribution in [0.1, 0.15) is 23.7 Å². The van der Waals surface area contributed by atoms with Crippen LogP contribution in [0.2, 0.25) is 0 Å². The zero-order chi connectivity index (χ0) is 24.5. The smallest absolute Gasteiger partial charge is 0.320 e. The molecule has 0 saturated carbocycles. The summed E-state index contributed by atoms with van der Waals surface area (Å²) in [6, 6.07) is 14.1. The van der Waals surface area contributed by atoms with Crippen molar-refractivity contribution in [3.8, 4) is 11.1 Å². The number of aromatic amines is 1. The van der Waals surface area contributed by atoms with Crippen LogP contribution in [-0.4, -0.2) is 28.6 Å². The van der Waals surface area contributed by atoms with Crippen LogP contribution in [0, 0.1) is 11.6 Å². The molecular formula is C26H21F2N5O2. The second kappa shape index (κ2) is 9.09. The van der Waals surface area contributed by atoms with Gasteiger partial charge in [-0.25, -0.2) is 23.7 Å². The van der Waals surface area contributed by atoms with Gasteiger partial charge < -0.3 is 5.32 Å². The molecule has 0 atom stereocenters. The number of amides is 2. The lowest BCUT2D eigenvalue weighted by Gasteiger charge is -2.10. The van der Waals surface area contributed by atoms with Crippen LogP contribution in [0.5, 0.6) is 0 Å². The summed E-state index contributed by atoms with van der Waals surface area (Å²) in [6.07, 6.45) is 0.678. The number of fused-ring (bicyclic) bond motifs is 2. The van der Waals surface area contributed by atoms with Crippen molar-refractivity contribution < 1.29 is 13.6 Å². The number of H-pyrrole nitrogens is 1. The van der Waals surface area contributed by atoms with Crippen molar-refractivity contribution in [2.75, 3.05) is 6.54 Å². The summed E-state index contributed by atoms with van der Waals surface area (Å²) in [4.78, 5) is 28.3. The van der Waals surface area contributed by atoms with Crippen LogP contribution < -0.4 is 16.2 Å². The lowest BCUT2D eigenvalue weighted by Crippen LogP contribution is -2.39. The van der Waals surface area contributed by atoms with Gasteiger partial charge in [-0.05, 0) is 53.9 Å². The van der Waals surface area contributed by atoms with Crippen LogP contribution in [-0.2, 0) is 12.8 Å². The van der Waals surface area contributed by atoms with E-state index in [1.165, 1.54) is 18.2 Å². The first-order chi connectivity index (χ1) is 16.9. The van der Waals surface area contributed by atoms with E-state index in [0.29, 0.717) is 46.9 Å². The number of hydrogen-bond acceptors (Lipinski definition) is 4. The van der Waals surface area contributed by atoms with Crippen molar-refractivity contribution in [2.45, 2.75) is 19.8 Å². The number of amidine groups is 1. The van der Waals surface area contributed by atoms with E-state index in [9.17, 15) is 18.4 Å². The summed E-state index contributed by atoms with van der Waals surface area (Å²) >= 11 is 0. The fourth-order valence-corrected chi connectivity index (χ4v) is 4.22. The Kier molecular flexibility index (Phi) is 5.82. The second-order valence-electron chi connectivity index (χ2n) is 8.22. The summed E-state index contributed by atoms with van der Waals surface area (Å²) in [5, 5.41) is 12.2. The Bertz CT molecular complexity index is 1560. The molecule has 0 radical (unpaired) electrons. The predicted molar refractivity (Wildman–Crippen MR) is 130 cm³/mol. The van der Waals surface area contributed by atoms with Crippen molar-refractivity contribution in [3.63, 3.8) is 0 Å². The highest BCUT2D eigenvalue weighted by molar-refractivity contribution is 6.02. The molecule has 0 bridgehead atoms. The van der Waals surface area contributed by atoms with Gasteiger partial charge in [0.05, 0.1) is 16.8 Å². The maximum Gasteiger partial charge on any atom is 0.320 e. The Morgan fingerprint density at radius 1 is 1.09 bits per heavy atom. The highest BCUT2D eigenvalue weighted by Crippen LogP contribution is 2.33. The summed E-state index contributed by atoms with van der Waals surface area (Å²) in [5.74, 6) is -0.427. The summed E-state index contributed by atoms with van der Waals surface area (Å²) in [5.41, 5.74) is 3.16. The van der Waals surface area contributed by atoms with E-state index in [0.717, 1.165) is 5.56 Å². The molecule has 5 rings (SSSR count). The Labute approximate surface area is 198 Å². The van der Waals surface area contributed by atoms with E-state index in [4.69, 9.17) is 0 Å². The molecule has 2 heterocycles. The first kappa shape index (κ1) is 22.4. The summed E-state index contributed by atoms with van der Waals surface area (Å²) in [7, 11) is 0. The molecule has 0 saturated heterocycles. The highest BCUT2D eigenvalue weighted by atomic mass is 19.1. The van der Waals surface area contributed by atoms with E-state index in [1.807, 2.05) is 13.0 Å².